The van der Waals surface area contributed by atoms with Gasteiger partial charge in [-0.05, 0) is 6.92 Å². The molecule has 2 rings (SSSR count). The molecule has 0 radical (unpaired) electrons. The zero-order valence-electron chi connectivity index (χ0n) is 10.7. The summed E-state index contributed by atoms with van der Waals surface area (Å²) in [7, 11) is -2.86. The van der Waals surface area contributed by atoms with Gasteiger partial charge in [-0.1, -0.05) is 0 Å². The summed E-state index contributed by atoms with van der Waals surface area (Å²) in [5.41, 5.74) is 0. The lowest BCUT2D eigenvalue weighted by Gasteiger charge is -2.39. The molecule has 1 aromatic rings. The lowest BCUT2D eigenvalue weighted by atomic mass is 10.2. The zero-order chi connectivity index (χ0) is 13.2. The molecule has 1 saturated heterocycles. The molecule has 0 spiro atoms. The Morgan fingerprint density at radius 1 is 1.50 bits per heavy atom. The Hall–Kier alpha value is -0.660. The van der Waals surface area contributed by atoms with Crippen LogP contribution in [0.5, 0.6) is 0 Å². The Morgan fingerprint density at radius 2 is 2.28 bits per heavy atom. The summed E-state index contributed by atoms with van der Waals surface area (Å²) >= 11 is 1.65. The summed E-state index contributed by atoms with van der Waals surface area (Å²) < 4.78 is 22.3. The molecule has 1 unspecified atom stereocenters. The third-order valence-electron chi connectivity index (χ3n) is 3.15. The van der Waals surface area contributed by atoms with Gasteiger partial charge in [0.15, 0.2) is 5.13 Å². The predicted molar refractivity (Wildman–Crippen MR) is 75.1 cm³/mol. The maximum absolute atomic E-state index is 11.2. The number of sulfone groups is 1. The second-order valence-corrected chi connectivity index (χ2v) is 7.92. The van der Waals surface area contributed by atoms with Crippen LogP contribution in [0.25, 0.3) is 0 Å². The van der Waals surface area contributed by atoms with Gasteiger partial charge in [0, 0.05) is 50.1 Å². The molecule has 102 valence electrons. The van der Waals surface area contributed by atoms with Crippen molar-refractivity contribution in [2.75, 3.05) is 43.1 Å². The molecule has 1 aromatic heterocycles. The van der Waals surface area contributed by atoms with Crippen molar-refractivity contribution in [1.29, 1.82) is 0 Å². The Balaban J connectivity index is 1.88. The number of piperazine rings is 1. The lowest BCUT2D eigenvalue weighted by molar-refractivity contribution is 0.240. The van der Waals surface area contributed by atoms with Crippen molar-refractivity contribution in [3.63, 3.8) is 0 Å². The average molecular weight is 289 g/mol. The SMILES string of the molecule is CC1CN(CCS(C)(=O)=O)CCN1c1nccs1. The highest BCUT2D eigenvalue weighted by molar-refractivity contribution is 7.90. The summed E-state index contributed by atoms with van der Waals surface area (Å²) in [6.45, 7) is 5.51. The van der Waals surface area contributed by atoms with E-state index in [0.29, 0.717) is 12.6 Å². The number of rotatable bonds is 4. The van der Waals surface area contributed by atoms with Crippen molar-refractivity contribution in [2.45, 2.75) is 13.0 Å². The quantitative estimate of drug-likeness (QED) is 0.816. The smallest absolute Gasteiger partial charge is 0.185 e. The van der Waals surface area contributed by atoms with Gasteiger partial charge in [-0.3, -0.25) is 4.90 Å². The summed E-state index contributed by atoms with van der Waals surface area (Å²) in [6, 6.07) is 0.379. The fraction of sp³-hybridized carbons (Fsp3) is 0.727. The summed E-state index contributed by atoms with van der Waals surface area (Å²) in [6.07, 6.45) is 3.12. The maximum atomic E-state index is 11.2. The van der Waals surface area contributed by atoms with Crippen LogP contribution < -0.4 is 4.90 Å². The molecule has 1 fully saturated rings. The number of thiazole rings is 1. The highest BCUT2D eigenvalue weighted by atomic mass is 32.2. The third-order valence-corrected chi connectivity index (χ3v) is 4.89. The van der Waals surface area contributed by atoms with Crippen LogP contribution in [0.1, 0.15) is 6.92 Å². The van der Waals surface area contributed by atoms with Crippen molar-refractivity contribution in [3.8, 4) is 0 Å². The molecule has 1 atom stereocenters. The number of hydrogen-bond donors (Lipinski definition) is 0. The van der Waals surface area contributed by atoms with Gasteiger partial charge in [-0.2, -0.15) is 0 Å². The Kier molecular flexibility index (Phi) is 4.24. The fourth-order valence-corrected chi connectivity index (χ4v) is 3.53. The normalized spacial score (nSPS) is 22.3. The van der Waals surface area contributed by atoms with E-state index in [1.807, 2.05) is 11.6 Å². The molecule has 0 aliphatic carbocycles. The zero-order valence-corrected chi connectivity index (χ0v) is 12.4. The Labute approximate surface area is 112 Å². The molecule has 2 heterocycles. The van der Waals surface area contributed by atoms with E-state index >= 15 is 0 Å². The van der Waals surface area contributed by atoms with Gasteiger partial charge in [-0.25, -0.2) is 13.4 Å². The van der Waals surface area contributed by atoms with Crippen LogP contribution in [0.15, 0.2) is 11.6 Å². The van der Waals surface area contributed by atoms with Crippen LogP contribution in [0.4, 0.5) is 5.13 Å². The average Bonchev–Trinajstić information content (AvgIpc) is 2.79. The molecule has 7 heteroatoms. The molecular formula is C11H19N3O2S2. The van der Waals surface area contributed by atoms with E-state index in [1.54, 1.807) is 11.3 Å². The van der Waals surface area contributed by atoms with Gasteiger partial charge in [0.25, 0.3) is 0 Å². The number of nitrogens with zero attached hydrogens (tertiary/aromatic N) is 3. The molecule has 0 N–H and O–H groups in total. The van der Waals surface area contributed by atoms with Crippen LogP contribution in [-0.2, 0) is 9.84 Å². The second kappa shape index (κ2) is 5.54. The van der Waals surface area contributed by atoms with E-state index < -0.39 is 9.84 Å². The maximum Gasteiger partial charge on any atom is 0.185 e. The first-order valence-corrected chi connectivity index (χ1v) is 8.96. The largest absolute Gasteiger partial charge is 0.343 e. The molecule has 0 saturated carbocycles. The Bertz CT molecular complexity index is 472. The summed E-state index contributed by atoms with van der Waals surface area (Å²) in [5.74, 6) is 0.247. The summed E-state index contributed by atoms with van der Waals surface area (Å²) in [4.78, 5) is 8.84. The van der Waals surface area contributed by atoms with Gasteiger partial charge in [0.2, 0.25) is 0 Å². The van der Waals surface area contributed by atoms with Crippen LogP contribution in [0.2, 0.25) is 0 Å². The number of anilines is 1. The highest BCUT2D eigenvalue weighted by Crippen LogP contribution is 2.22. The first kappa shape index (κ1) is 13.8. The monoisotopic (exact) mass is 289 g/mol. The molecule has 0 aromatic carbocycles. The number of aromatic nitrogens is 1. The van der Waals surface area contributed by atoms with Crippen LogP contribution in [0, 0.1) is 0 Å². The minimum atomic E-state index is -2.86. The predicted octanol–water partition coefficient (Wildman–Crippen LogP) is 0.698. The third kappa shape index (κ3) is 3.66. The van der Waals surface area contributed by atoms with Crippen molar-refractivity contribution < 1.29 is 8.42 Å². The highest BCUT2D eigenvalue weighted by Gasteiger charge is 2.25. The van der Waals surface area contributed by atoms with Gasteiger partial charge < -0.3 is 4.90 Å². The number of hydrogen-bond acceptors (Lipinski definition) is 6. The van der Waals surface area contributed by atoms with E-state index in [1.165, 1.54) is 6.26 Å². The molecule has 0 amide bonds. The fourth-order valence-electron chi connectivity index (χ4n) is 2.17. The van der Waals surface area contributed by atoms with Crippen molar-refractivity contribution in [3.05, 3.63) is 11.6 Å². The summed E-state index contributed by atoms with van der Waals surface area (Å²) in [5, 5.41) is 3.04. The van der Waals surface area contributed by atoms with E-state index in [0.717, 1.165) is 24.8 Å². The van der Waals surface area contributed by atoms with Crippen molar-refractivity contribution >= 4 is 26.3 Å². The van der Waals surface area contributed by atoms with Gasteiger partial charge in [0.1, 0.15) is 9.84 Å². The molecule has 1 aliphatic heterocycles. The van der Waals surface area contributed by atoms with E-state index in [-0.39, 0.29) is 5.75 Å². The molecular weight excluding hydrogens is 270 g/mol. The van der Waals surface area contributed by atoms with Crippen molar-refractivity contribution in [1.82, 2.24) is 9.88 Å². The van der Waals surface area contributed by atoms with Crippen molar-refractivity contribution in [2.24, 2.45) is 0 Å². The van der Waals surface area contributed by atoms with E-state index in [4.69, 9.17) is 0 Å². The molecule has 5 nitrogen and oxygen atoms in total. The molecule has 0 bridgehead atoms. The van der Waals surface area contributed by atoms with Gasteiger partial charge >= 0.3 is 0 Å². The van der Waals surface area contributed by atoms with E-state index in [9.17, 15) is 8.42 Å². The van der Waals surface area contributed by atoms with Crippen LogP contribution >= 0.6 is 11.3 Å². The van der Waals surface area contributed by atoms with Crippen LogP contribution in [-0.4, -0.2) is 62.5 Å². The van der Waals surface area contributed by atoms with Gasteiger partial charge in [0.05, 0.1) is 5.75 Å². The molecule has 18 heavy (non-hydrogen) atoms. The standard InChI is InChI=1S/C11H19N3O2S2/c1-10-9-13(6-8-18(2,15)16)4-5-14(10)11-12-3-7-17-11/h3,7,10H,4-6,8-9H2,1-2H3. The van der Waals surface area contributed by atoms with Crippen LogP contribution in [0.3, 0.4) is 0 Å². The minimum Gasteiger partial charge on any atom is -0.343 e. The Morgan fingerprint density at radius 3 is 2.83 bits per heavy atom. The lowest BCUT2D eigenvalue weighted by Crippen LogP contribution is -2.52. The van der Waals surface area contributed by atoms with Gasteiger partial charge in [-0.15, -0.1) is 11.3 Å². The first-order chi connectivity index (χ1) is 8.46. The first-order valence-electron chi connectivity index (χ1n) is 6.02. The topological polar surface area (TPSA) is 53.5 Å². The molecule has 1 aliphatic rings. The minimum absolute atomic E-state index is 0.247. The second-order valence-electron chi connectivity index (χ2n) is 4.79. The van der Waals surface area contributed by atoms with E-state index in [2.05, 4.69) is 21.7 Å².